The number of hydrazine groups is 1. The minimum atomic E-state index is -0.109. The highest BCUT2D eigenvalue weighted by atomic mass is 16.5. The summed E-state index contributed by atoms with van der Waals surface area (Å²) in [4.78, 5) is 10.7. The van der Waals surface area contributed by atoms with Gasteiger partial charge in [0, 0.05) is 13.0 Å². The summed E-state index contributed by atoms with van der Waals surface area (Å²) in [5, 5.41) is 0. The molecular formula is C10H22N2O2. The number of unbranched alkanes of at least 4 members (excludes halogenated alkanes) is 1. The average Bonchev–Trinajstić information content (AvgIpc) is 2.16. The Labute approximate surface area is 86.2 Å². The quantitative estimate of drug-likeness (QED) is 0.282. The van der Waals surface area contributed by atoms with Gasteiger partial charge in [0.15, 0.2) is 0 Å². The van der Waals surface area contributed by atoms with E-state index < -0.39 is 0 Å². The van der Waals surface area contributed by atoms with E-state index in [1.807, 2.05) is 0 Å². The predicted molar refractivity (Wildman–Crippen MR) is 56.4 cm³/mol. The summed E-state index contributed by atoms with van der Waals surface area (Å²) >= 11 is 0. The van der Waals surface area contributed by atoms with Crippen molar-refractivity contribution in [2.75, 3.05) is 6.61 Å². The maximum atomic E-state index is 10.7. The highest BCUT2D eigenvalue weighted by Gasteiger charge is 2.06. The molecule has 1 amide bonds. The summed E-state index contributed by atoms with van der Waals surface area (Å²) in [5.74, 6) is 5.38. The van der Waals surface area contributed by atoms with Gasteiger partial charge in [-0.3, -0.25) is 10.2 Å². The lowest BCUT2D eigenvalue weighted by molar-refractivity contribution is -0.121. The van der Waals surface area contributed by atoms with Gasteiger partial charge in [-0.05, 0) is 25.7 Å². The average molecular weight is 202 g/mol. The number of nitrogens with one attached hydrogen (secondary N) is 1. The molecule has 4 nitrogen and oxygen atoms in total. The molecule has 0 saturated carbocycles. The first-order valence-electron chi connectivity index (χ1n) is 5.19. The van der Waals surface area contributed by atoms with E-state index in [1.165, 1.54) is 0 Å². The Balaban J connectivity index is 3.25. The molecule has 3 N–H and O–H groups in total. The number of ether oxygens (including phenoxy) is 1. The van der Waals surface area contributed by atoms with Crippen LogP contribution in [0.25, 0.3) is 0 Å². The standard InChI is InChI=1S/C10H22N2O2/c1-8(2)9(3)14-7-5-4-6-10(13)12-11/h8-9H,4-7,11H2,1-3H3,(H,12,13). The van der Waals surface area contributed by atoms with Crippen LogP contribution in [0.15, 0.2) is 0 Å². The van der Waals surface area contributed by atoms with Crippen LogP contribution < -0.4 is 11.3 Å². The molecule has 0 heterocycles. The summed E-state index contributed by atoms with van der Waals surface area (Å²) in [6, 6.07) is 0. The zero-order valence-electron chi connectivity index (χ0n) is 9.38. The summed E-state index contributed by atoms with van der Waals surface area (Å²) in [6.45, 7) is 7.05. The third kappa shape index (κ3) is 6.86. The lowest BCUT2D eigenvalue weighted by atomic mass is 10.1. The molecule has 84 valence electrons. The maximum Gasteiger partial charge on any atom is 0.233 e. The van der Waals surface area contributed by atoms with Crippen molar-refractivity contribution in [1.29, 1.82) is 0 Å². The van der Waals surface area contributed by atoms with Gasteiger partial charge in [-0.1, -0.05) is 13.8 Å². The summed E-state index contributed by atoms with van der Waals surface area (Å²) < 4.78 is 5.56. The largest absolute Gasteiger partial charge is 0.378 e. The molecule has 0 aromatic rings. The lowest BCUT2D eigenvalue weighted by Gasteiger charge is -2.16. The second kappa shape index (κ2) is 7.76. The van der Waals surface area contributed by atoms with Crippen LogP contribution in [0.2, 0.25) is 0 Å². The van der Waals surface area contributed by atoms with Crippen LogP contribution in [0.4, 0.5) is 0 Å². The monoisotopic (exact) mass is 202 g/mol. The number of nitrogens with two attached hydrogens (primary N) is 1. The van der Waals surface area contributed by atoms with Crippen molar-refractivity contribution in [3.05, 3.63) is 0 Å². The fourth-order valence-electron chi connectivity index (χ4n) is 0.921. The van der Waals surface area contributed by atoms with Crippen molar-refractivity contribution < 1.29 is 9.53 Å². The predicted octanol–water partition coefficient (Wildman–Crippen LogP) is 1.21. The molecule has 14 heavy (non-hydrogen) atoms. The van der Waals surface area contributed by atoms with Crippen LogP contribution in [-0.4, -0.2) is 18.6 Å². The van der Waals surface area contributed by atoms with Crippen molar-refractivity contribution in [2.24, 2.45) is 11.8 Å². The molecule has 0 aliphatic heterocycles. The molecule has 0 aromatic heterocycles. The topological polar surface area (TPSA) is 64.3 Å². The molecule has 0 radical (unpaired) electrons. The molecule has 1 unspecified atom stereocenters. The number of rotatable bonds is 7. The Bertz CT molecular complexity index is 160. The van der Waals surface area contributed by atoms with Gasteiger partial charge in [-0.25, -0.2) is 5.84 Å². The highest BCUT2D eigenvalue weighted by Crippen LogP contribution is 2.06. The molecule has 0 aliphatic carbocycles. The van der Waals surface area contributed by atoms with Crippen molar-refractivity contribution in [3.63, 3.8) is 0 Å². The molecule has 0 spiro atoms. The fraction of sp³-hybridized carbons (Fsp3) is 0.900. The number of hydrogen-bond acceptors (Lipinski definition) is 3. The molecule has 0 aliphatic rings. The van der Waals surface area contributed by atoms with Crippen molar-refractivity contribution in [3.8, 4) is 0 Å². The molecule has 0 fully saturated rings. The van der Waals surface area contributed by atoms with Crippen LogP contribution >= 0.6 is 0 Å². The summed E-state index contributed by atoms with van der Waals surface area (Å²) in [6.07, 6.45) is 2.51. The van der Waals surface area contributed by atoms with Crippen molar-refractivity contribution in [1.82, 2.24) is 5.43 Å². The SMILES string of the molecule is CC(C)C(C)OCCCCC(=O)NN. The number of hydrogen-bond donors (Lipinski definition) is 2. The minimum Gasteiger partial charge on any atom is -0.378 e. The van der Waals surface area contributed by atoms with Gasteiger partial charge in [0.05, 0.1) is 6.10 Å². The Hall–Kier alpha value is -0.610. The second-order valence-corrected chi connectivity index (χ2v) is 3.84. The zero-order chi connectivity index (χ0) is 11.0. The number of carbonyl (C=O) groups is 1. The normalized spacial score (nSPS) is 12.9. The molecule has 0 bridgehead atoms. The van der Waals surface area contributed by atoms with E-state index in [-0.39, 0.29) is 5.91 Å². The van der Waals surface area contributed by atoms with Gasteiger partial charge >= 0.3 is 0 Å². The van der Waals surface area contributed by atoms with Gasteiger partial charge in [0.25, 0.3) is 0 Å². The smallest absolute Gasteiger partial charge is 0.233 e. The Kier molecular flexibility index (Phi) is 7.42. The van der Waals surface area contributed by atoms with Gasteiger partial charge in [0.1, 0.15) is 0 Å². The molecule has 1 atom stereocenters. The van der Waals surface area contributed by atoms with E-state index in [1.54, 1.807) is 0 Å². The van der Waals surface area contributed by atoms with Gasteiger partial charge in [-0.2, -0.15) is 0 Å². The number of carbonyl (C=O) groups excluding carboxylic acids is 1. The third-order valence-corrected chi connectivity index (χ3v) is 2.28. The third-order valence-electron chi connectivity index (χ3n) is 2.28. The molecule has 4 heteroatoms. The zero-order valence-corrected chi connectivity index (χ0v) is 9.38. The first kappa shape index (κ1) is 13.4. The van der Waals surface area contributed by atoms with Crippen LogP contribution in [0.3, 0.4) is 0 Å². The van der Waals surface area contributed by atoms with E-state index in [9.17, 15) is 4.79 Å². The second-order valence-electron chi connectivity index (χ2n) is 3.84. The molecule has 0 rings (SSSR count). The lowest BCUT2D eigenvalue weighted by Crippen LogP contribution is -2.29. The van der Waals surface area contributed by atoms with E-state index in [0.717, 1.165) is 19.4 Å². The minimum absolute atomic E-state index is 0.109. The Morgan fingerprint density at radius 3 is 2.50 bits per heavy atom. The van der Waals surface area contributed by atoms with E-state index in [0.29, 0.717) is 18.4 Å². The van der Waals surface area contributed by atoms with Crippen molar-refractivity contribution in [2.45, 2.75) is 46.1 Å². The first-order chi connectivity index (χ1) is 6.57. The highest BCUT2D eigenvalue weighted by molar-refractivity contribution is 5.74. The van der Waals surface area contributed by atoms with E-state index in [4.69, 9.17) is 10.6 Å². The van der Waals surface area contributed by atoms with Crippen molar-refractivity contribution >= 4 is 5.91 Å². The number of amides is 1. The molecule has 0 saturated heterocycles. The Morgan fingerprint density at radius 2 is 2.00 bits per heavy atom. The van der Waals surface area contributed by atoms with Crippen LogP contribution in [0.5, 0.6) is 0 Å². The van der Waals surface area contributed by atoms with Crippen LogP contribution in [0, 0.1) is 5.92 Å². The Morgan fingerprint density at radius 1 is 1.36 bits per heavy atom. The summed E-state index contributed by atoms with van der Waals surface area (Å²) in [5.41, 5.74) is 2.10. The van der Waals surface area contributed by atoms with Crippen LogP contribution in [-0.2, 0) is 9.53 Å². The van der Waals surface area contributed by atoms with Gasteiger partial charge in [-0.15, -0.1) is 0 Å². The molecular weight excluding hydrogens is 180 g/mol. The van der Waals surface area contributed by atoms with Gasteiger partial charge in [0.2, 0.25) is 5.91 Å². The summed E-state index contributed by atoms with van der Waals surface area (Å²) in [7, 11) is 0. The fourth-order valence-corrected chi connectivity index (χ4v) is 0.921. The van der Waals surface area contributed by atoms with E-state index >= 15 is 0 Å². The van der Waals surface area contributed by atoms with E-state index in [2.05, 4.69) is 26.2 Å². The first-order valence-corrected chi connectivity index (χ1v) is 5.19. The molecule has 0 aromatic carbocycles. The van der Waals surface area contributed by atoms with Crippen LogP contribution in [0.1, 0.15) is 40.0 Å². The van der Waals surface area contributed by atoms with Gasteiger partial charge < -0.3 is 4.74 Å². The maximum absolute atomic E-state index is 10.7.